The predicted octanol–water partition coefficient (Wildman–Crippen LogP) is 4.40. The molecule has 0 spiro atoms. The van der Waals surface area contributed by atoms with Gasteiger partial charge in [-0.2, -0.15) is 13.2 Å². The summed E-state index contributed by atoms with van der Waals surface area (Å²) >= 11 is 0. The smallest absolute Gasteiger partial charge is 0.207 e. The molecule has 0 bridgehead atoms. The number of hydrogen-bond acceptors (Lipinski definition) is 0. The van der Waals surface area contributed by atoms with Crippen LogP contribution in [-0.4, -0.2) is 12.1 Å². The Kier molecular flexibility index (Phi) is 3.05. The zero-order valence-corrected chi connectivity index (χ0v) is 8.80. The molecule has 0 aliphatic heterocycles. The molecular formula is C10H15F5. The summed E-state index contributed by atoms with van der Waals surface area (Å²) in [6.45, 7) is 3.02. The van der Waals surface area contributed by atoms with E-state index in [-0.39, 0.29) is 6.42 Å². The van der Waals surface area contributed by atoms with E-state index in [0.29, 0.717) is 0 Å². The quantitative estimate of drug-likeness (QED) is 0.617. The third-order valence-electron chi connectivity index (χ3n) is 3.63. The van der Waals surface area contributed by atoms with E-state index in [2.05, 4.69) is 0 Å². The van der Waals surface area contributed by atoms with Crippen molar-refractivity contribution in [3.05, 3.63) is 0 Å². The Hall–Kier alpha value is -0.350. The molecule has 15 heavy (non-hydrogen) atoms. The molecule has 90 valence electrons. The van der Waals surface area contributed by atoms with Crippen molar-refractivity contribution >= 4 is 0 Å². The van der Waals surface area contributed by atoms with Crippen LogP contribution in [0.25, 0.3) is 0 Å². The maximum atomic E-state index is 13.0. The molecule has 1 aliphatic carbocycles. The molecular weight excluding hydrogens is 215 g/mol. The number of alkyl halides is 5. The van der Waals surface area contributed by atoms with E-state index in [1.165, 1.54) is 6.92 Å². The van der Waals surface area contributed by atoms with Gasteiger partial charge in [0.05, 0.1) is 5.41 Å². The Balaban J connectivity index is 3.01. The van der Waals surface area contributed by atoms with Gasteiger partial charge >= 0.3 is 6.18 Å². The average molecular weight is 230 g/mol. The Morgan fingerprint density at radius 1 is 1.20 bits per heavy atom. The van der Waals surface area contributed by atoms with Crippen molar-refractivity contribution in [1.29, 1.82) is 0 Å². The highest BCUT2D eigenvalue weighted by Crippen LogP contribution is 2.60. The molecule has 0 nitrogen and oxygen atoms in total. The van der Waals surface area contributed by atoms with Gasteiger partial charge in [-0.25, -0.2) is 8.78 Å². The topological polar surface area (TPSA) is 0 Å². The first-order valence-corrected chi connectivity index (χ1v) is 5.09. The van der Waals surface area contributed by atoms with E-state index in [4.69, 9.17) is 0 Å². The van der Waals surface area contributed by atoms with Crippen LogP contribution in [0.3, 0.4) is 0 Å². The molecule has 0 heterocycles. The van der Waals surface area contributed by atoms with Gasteiger partial charge in [0.2, 0.25) is 5.92 Å². The standard InChI is InChI=1S/C10H15F5/c1-3-7(2)8(10(13,14)15)4-5-9(11,12)6-8/h7H,3-6H2,1-2H3. The van der Waals surface area contributed by atoms with E-state index in [1.54, 1.807) is 6.92 Å². The molecule has 0 N–H and O–H groups in total. The highest BCUT2D eigenvalue weighted by molar-refractivity contribution is 5.00. The Morgan fingerprint density at radius 2 is 1.73 bits per heavy atom. The van der Waals surface area contributed by atoms with Gasteiger partial charge < -0.3 is 0 Å². The maximum Gasteiger partial charge on any atom is 0.394 e. The monoisotopic (exact) mass is 230 g/mol. The molecule has 0 aromatic carbocycles. The van der Waals surface area contributed by atoms with Crippen LogP contribution >= 0.6 is 0 Å². The summed E-state index contributed by atoms with van der Waals surface area (Å²) in [5, 5.41) is 0. The molecule has 0 aromatic heterocycles. The van der Waals surface area contributed by atoms with Crippen LogP contribution in [0.5, 0.6) is 0 Å². The van der Waals surface area contributed by atoms with Crippen LogP contribution in [0.2, 0.25) is 0 Å². The van der Waals surface area contributed by atoms with Crippen molar-refractivity contribution in [2.24, 2.45) is 11.3 Å². The fraction of sp³-hybridized carbons (Fsp3) is 1.00. The summed E-state index contributed by atoms with van der Waals surface area (Å²) in [7, 11) is 0. The molecule has 0 aromatic rings. The maximum absolute atomic E-state index is 13.0. The highest BCUT2D eigenvalue weighted by atomic mass is 19.4. The first kappa shape index (κ1) is 12.7. The van der Waals surface area contributed by atoms with E-state index in [1.807, 2.05) is 0 Å². The summed E-state index contributed by atoms with van der Waals surface area (Å²) in [4.78, 5) is 0. The fourth-order valence-corrected chi connectivity index (χ4v) is 2.38. The molecule has 1 saturated carbocycles. The third-order valence-corrected chi connectivity index (χ3v) is 3.63. The number of rotatable bonds is 2. The van der Waals surface area contributed by atoms with Crippen LogP contribution < -0.4 is 0 Å². The molecule has 2 unspecified atom stereocenters. The second kappa shape index (κ2) is 3.59. The Labute approximate surface area is 85.8 Å². The van der Waals surface area contributed by atoms with Crippen LogP contribution in [0.4, 0.5) is 22.0 Å². The van der Waals surface area contributed by atoms with Crippen molar-refractivity contribution in [2.45, 2.75) is 51.6 Å². The zero-order valence-electron chi connectivity index (χ0n) is 8.80. The Morgan fingerprint density at radius 3 is 2.00 bits per heavy atom. The second-order valence-electron chi connectivity index (χ2n) is 4.50. The van der Waals surface area contributed by atoms with Crippen molar-refractivity contribution < 1.29 is 22.0 Å². The van der Waals surface area contributed by atoms with Crippen molar-refractivity contribution in [1.82, 2.24) is 0 Å². The van der Waals surface area contributed by atoms with E-state index >= 15 is 0 Å². The molecule has 1 fully saturated rings. The molecule has 2 atom stereocenters. The van der Waals surface area contributed by atoms with Gasteiger partial charge in [-0.1, -0.05) is 20.3 Å². The predicted molar refractivity (Wildman–Crippen MR) is 46.7 cm³/mol. The molecule has 1 aliphatic rings. The molecule has 5 heteroatoms. The van der Waals surface area contributed by atoms with E-state index < -0.39 is 42.7 Å². The average Bonchev–Trinajstić information content (AvgIpc) is 2.40. The van der Waals surface area contributed by atoms with Crippen LogP contribution in [-0.2, 0) is 0 Å². The minimum Gasteiger partial charge on any atom is -0.207 e. The molecule has 0 amide bonds. The fourth-order valence-electron chi connectivity index (χ4n) is 2.38. The first-order valence-electron chi connectivity index (χ1n) is 5.09. The Bertz CT molecular complexity index is 232. The van der Waals surface area contributed by atoms with E-state index in [0.717, 1.165) is 0 Å². The zero-order chi connectivity index (χ0) is 11.9. The second-order valence-corrected chi connectivity index (χ2v) is 4.50. The number of hydrogen-bond donors (Lipinski definition) is 0. The van der Waals surface area contributed by atoms with Gasteiger partial charge in [-0.15, -0.1) is 0 Å². The lowest BCUT2D eigenvalue weighted by Gasteiger charge is -2.36. The van der Waals surface area contributed by atoms with Crippen LogP contribution in [0.15, 0.2) is 0 Å². The molecule has 0 radical (unpaired) electrons. The van der Waals surface area contributed by atoms with Gasteiger partial charge in [0.1, 0.15) is 0 Å². The molecule has 0 saturated heterocycles. The molecule has 1 rings (SSSR count). The van der Waals surface area contributed by atoms with Crippen molar-refractivity contribution in [2.75, 3.05) is 0 Å². The van der Waals surface area contributed by atoms with Crippen LogP contribution in [0.1, 0.15) is 39.5 Å². The van der Waals surface area contributed by atoms with Crippen molar-refractivity contribution in [3.8, 4) is 0 Å². The summed E-state index contributed by atoms with van der Waals surface area (Å²) in [6, 6.07) is 0. The lowest BCUT2D eigenvalue weighted by atomic mass is 9.73. The van der Waals surface area contributed by atoms with E-state index in [9.17, 15) is 22.0 Å². The largest absolute Gasteiger partial charge is 0.394 e. The lowest BCUT2D eigenvalue weighted by Crippen LogP contribution is -2.42. The normalized spacial score (nSPS) is 33.0. The van der Waals surface area contributed by atoms with Gasteiger partial charge in [0.25, 0.3) is 0 Å². The minimum atomic E-state index is -4.53. The summed E-state index contributed by atoms with van der Waals surface area (Å²) in [5.74, 6) is -3.90. The van der Waals surface area contributed by atoms with Crippen LogP contribution in [0, 0.1) is 11.3 Å². The minimum absolute atomic E-state index is 0.273. The van der Waals surface area contributed by atoms with Gasteiger partial charge in [-0.05, 0) is 12.3 Å². The lowest BCUT2D eigenvalue weighted by molar-refractivity contribution is -0.246. The SMILES string of the molecule is CCC(C)C1(C(F)(F)F)CCC(F)(F)C1. The third kappa shape index (κ3) is 2.11. The van der Waals surface area contributed by atoms with Gasteiger partial charge in [0, 0.05) is 12.8 Å². The van der Waals surface area contributed by atoms with Crippen molar-refractivity contribution in [3.63, 3.8) is 0 Å². The number of halogens is 5. The summed E-state index contributed by atoms with van der Waals surface area (Å²) < 4.78 is 64.5. The van der Waals surface area contributed by atoms with Gasteiger partial charge in [-0.3, -0.25) is 0 Å². The highest BCUT2D eigenvalue weighted by Gasteiger charge is 2.64. The summed E-state index contributed by atoms with van der Waals surface area (Å²) in [6.07, 6.45) is -6.38. The first-order chi connectivity index (χ1) is 6.65. The summed E-state index contributed by atoms with van der Waals surface area (Å²) in [5.41, 5.74) is -2.18. The van der Waals surface area contributed by atoms with Gasteiger partial charge in [0.15, 0.2) is 0 Å².